The van der Waals surface area contributed by atoms with Gasteiger partial charge in [0, 0.05) is 32.2 Å². The van der Waals surface area contributed by atoms with Crippen molar-refractivity contribution in [3.8, 4) is 0 Å². The number of hydrogen-bond acceptors (Lipinski definition) is 5. The molecule has 2 fully saturated rings. The number of nitro benzene ring substituents is 1. The fraction of sp³-hybridized carbons (Fsp3) is 0.625. The van der Waals surface area contributed by atoms with Crippen molar-refractivity contribution >= 4 is 11.4 Å². The predicted octanol–water partition coefficient (Wildman–Crippen LogP) is 2.42. The Kier molecular flexibility index (Phi) is 5.07. The fourth-order valence-electron chi connectivity index (χ4n) is 3.47. The van der Waals surface area contributed by atoms with Crippen molar-refractivity contribution in [2.45, 2.75) is 25.3 Å². The molecule has 23 heavy (non-hydrogen) atoms. The van der Waals surface area contributed by atoms with E-state index in [1.54, 1.807) is 6.07 Å². The van der Waals surface area contributed by atoms with Crippen LogP contribution < -0.4 is 4.90 Å². The van der Waals surface area contributed by atoms with Gasteiger partial charge in [0.05, 0.1) is 24.2 Å². The average Bonchev–Trinajstić information content (AvgIpc) is 2.56. The Morgan fingerprint density at radius 3 is 2.78 bits per heavy atom. The van der Waals surface area contributed by atoms with Gasteiger partial charge in [-0.15, -0.1) is 0 Å². The van der Waals surface area contributed by atoms with Gasteiger partial charge in [-0.2, -0.15) is 0 Å². The van der Waals surface area contributed by atoms with E-state index in [4.69, 9.17) is 4.74 Å². The molecule has 0 spiro atoms. The second-order valence-corrected chi connectivity index (χ2v) is 6.15. The summed E-state index contributed by atoms with van der Waals surface area (Å²) >= 11 is 0. The second kappa shape index (κ2) is 7.23. The number of halogens is 1. The molecular weight excluding hydrogens is 301 g/mol. The predicted molar refractivity (Wildman–Crippen MR) is 85.3 cm³/mol. The fourth-order valence-corrected chi connectivity index (χ4v) is 3.47. The van der Waals surface area contributed by atoms with E-state index >= 15 is 0 Å². The molecule has 2 aliphatic rings. The van der Waals surface area contributed by atoms with Crippen LogP contribution in [-0.2, 0) is 4.74 Å². The Morgan fingerprint density at radius 2 is 2.04 bits per heavy atom. The summed E-state index contributed by atoms with van der Waals surface area (Å²) in [4.78, 5) is 15.3. The molecule has 1 unspecified atom stereocenters. The van der Waals surface area contributed by atoms with E-state index in [1.807, 2.05) is 0 Å². The van der Waals surface area contributed by atoms with Gasteiger partial charge in [0.2, 0.25) is 0 Å². The molecular formula is C16H22FN3O3. The first-order valence-electron chi connectivity index (χ1n) is 8.16. The van der Waals surface area contributed by atoms with E-state index < -0.39 is 10.7 Å². The Balaban J connectivity index is 1.82. The zero-order valence-corrected chi connectivity index (χ0v) is 13.1. The van der Waals surface area contributed by atoms with Crippen LogP contribution in [0.5, 0.6) is 0 Å². The van der Waals surface area contributed by atoms with Crippen molar-refractivity contribution in [2.75, 3.05) is 44.3 Å². The van der Waals surface area contributed by atoms with Gasteiger partial charge >= 0.3 is 0 Å². The van der Waals surface area contributed by atoms with E-state index in [-0.39, 0.29) is 11.7 Å². The first-order chi connectivity index (χ1) is 11.1. The highest BCUT2D eigenvalue weighted by molar-refractivity contribution is 5.64. The molecule has 0 saturated carbocycles. The Morgan fingerprint density at radius 1 is 1.26 bits per heavy atom. The van der Waals surface area contributed by atoms with Crippen molar-refractivity contribution in [3.63, 3.8) is 0 Å². The van der Waals surface area contributed by atoms with Crippen LogP contribution in [0.15, 0.2) is 18.2 Å². The molecule has 0 aliphatic carbocycles. The molecule has 0 amide bonds. The molecule has 7 heteroatoms. The number of rotatable bonds is 4. The lowest BCUT2D eigenvalue weighted by molar-refractivity contribution is -0.384. The molecule has 3 rings (SSSR count). The Hall–Kier alpha value is -1.73. The molecule has 126 valence electrons. The van der Waals surface area contributed by atoms with Crippen LogP contribution in [0.25, 0.3) is 0 Å². The molecule has 2 saturated heterocycles. The molecule has 0 N–H and O–H groups in total. The summed E-state index contributed by atoms with van der Waals surface area (Å²) in [7, 11) is 0. The zero-order chi connectivity index (χ0) is 16.2. The third-order valence-corrected chi connectivity index (χ3v) is 4.64. The summed E-state index contributed by atoms with van der Waals surface area (Å²) in [6.45, 7) is 4.93. The van der Waals surface area contributed by atoms with Gasteiger partial charge in [0.25, 0.3) is 5.69 Å². The first kappa shape index (κ1) is 16.1. The maximum absolute atomic E-state index is 13.4. The minimum Gasteiger partial charge on any atom is -0.379 e. The summed E-state index contributed by atoms with van der Waals surface area (Å²) < 4.78 is 18.8. The summed E-state index contributed by atoms with van der Waals surface area (Å²) in [6.07, 6.45) is 3.14. The monoisotopic (exact) mass is 323 g/mol. The normalized spacial score (nSPS) is 23.0. The van der Waals surface area contributed by atoms with Crippen molar-refractivity contribution in [2.24, 2.45) is 0 Å². The topological polar surface area (TPSA) is 58.9 Å². The Bertz CT molecular complexity index is 564. The highest BCUT2D eigenvalue weighted by atomic mass is 19.1. The van der Waals surface area contributed by atoms with Crippen molar-refractivity contribution < 1.29 is 14.1 Å². The van der Waals surface area contributed by atoms with Crippen molar-refractivity contribution in [1.29, 1.82) is 0 Å². The maximum atomic E-state index is 13.4. The largest absolute Gasteiger partial charge is 0.379 e. The maximum Gasteiger partial charge on any atom is 0.295 e. The molecule has 1 aromatic rings. The SMILES string of the molecule is O=[N+]([O-])c1cc(F)ccc1N1CCCCC1CN1CCOCC1. The van der Waals surface area contributed by atoms with Gasteiger partial charge < -0.3 is 9.64 Å². The first-order valence-corrected chi connectivity index (χ1v) is 8.16. The van der Waals surface area contributed by atoms with E-state index in [0.717, 1.165) is 64.7 Å². The summed E-state index contributed by atoms with van der Waals surface area (Å²) in [6, 6.07) is 4.11. The number of morpholine rings is 1. The van der Waals surface area contributed by atoms with Crippen LogP contribution in [-0.4, -0.2) is 55.3 Å². The van der Waals surface area contributed by atoms with Crippen LogP contribution in [0.1, 0.15) is 19.3 Å². The molecule has 1 atom stereocenters. The number of benzene rings is 1. The number of ether oxygens (including phenoxy) is 1. The van der Waals surface area contributed by atoms with E-state index in [0.29, 0.717) is 5.69 Å². The van der Waals surface area contributed by atoms with Gasteiger partial charge in [0.1, 0.15) is 11.5 Å². The lowest BCUT2D eigenvalue weighted by Gasteiger charge is -2.40. The molecule has 6 nitrogen and oxygen atoms in total. The molecule has 0 aromatic heterocycles. The highest BCUT2D eigenvalue weighted by Gasteiger charge is 2.30. The number of nitro groups is 1. The Labute approximate surface area is 135 Å². The number of piperidine rings is 1. The molecule has 0 bridgehead atoms. The van der Waals surface area contributed by atoms with E-state index in [1.165, 1.54) is 6.07 Å². The third-order valence-electron chi connectivity index (χ3n) is 4.64. The average molecular weight is 323 g/mol. The zero-order valence-electron chi connectivity index (χ0n) is 13.1. The van der Waals surface area contributed by atoms with Gasteiger partial charge in [-0.3, -0.25) is 15.0 Å². The van der Waals surface area contributed by atoms with Gasteiger partial charge in [-0.1, -0.05) is 0 Å². The van der Waals surface area contributed by atoms with Crippen molar-refractivity contribution in [1.82, 2.24) is 4.90 Å². The minimum absolute atomic E-state index is 0.140. The number of nitrogens with zero attached hydrogens (tertiary/aromatic N) is 3. The van der Waals surface area contributed by atoms with Crippen LogP contribution in [0.3, 0.4) is 0 Å². The second-order valence-electron chi connectivity index (χ2n) is 6.15. The van der Waals surface area contributed by atoms with Gasteiger partial charge in [0.15, 0.2) is 0 Å². The molecule has 1 aromatic carbocycles. The third kappa shape index (κ3) is 3.79. The molecule has 0 radical (unpaired) electrons. The van der Waals surface area contributed by atoms with Crippen LogP contribution >= 0.6 is 0 Å². The number of hydrogen-bond donors (Lipinski definition) is 0. The number of anilines is 1. The van der Waals surface area contributed by atoms with Crippen LogP contribution in [0.2, 0.25) is 0 Å². The standard InChI is InChI=1S/C16H22FN3O3/c17-13-4-5-15(16(11-13)20(21)22)19-6-2-1-3-14(19)12-18-7-9-23-10-8-18/h4-5,11,14H,1-3,6-10,12H2. The van der Waals surface area contributed by atoms with E-state index in [9.17, 15) is 14.5 Å². The lowest BCUT2D eigenvalue weighted by Crippen LogP contribution is -2.49. The highest BCUT2D eigenvalue weighted by Crippen LogP contribution is 2.33. The van der Waals surface area contributed by atoms with E-state index in [2.05, 4.69) is 9.80 Å². The van der Waals surface area contributed by atoms with Crippen molar-refractivity contribution in [3.05, 3.63) is 34.1 Å². The summed E-state index contributed by atoms with van der Waals surface area (Å²) in [5.41, 5.74) is 0.397. The smallest absolute Gasteiger partial charge is 0.295 e. The quantitative estimate of drug-likeness (QED) is 0.629. The van der Waals surface area contributed by atoms with Crippen LogP contribution in [0, 0.1) is 15.9 Å². The molecule has 2 heterocycles. The van der Waals surface area contributed by atoms with Gasteiger partial charge in [-0.25, -0.2) is 4.39 Å². The van der Waals surface area contributed by atoms with Gasteiger partial charge in [-0.05, 0) is 31.4 Å². The van der Waals surface area contributed by atoms with Crippen LogP contribution in [0.4, 0.5) is 15.8 Å². The summed E-state index contributed by atoms with van der Waals surface area (Å²) in [5.74, 6) is -0.567. The molecule has 2 aliphatic heterocycles. The summed E-state index contributed by atoms with van der Waals surface area (Å²) in [5, 5.41) is 11.3. The minimum atomic E-state index is -0.567. The lowest BCUT2D eigenvalue weighted by atomic mass is 10.00.